The normalized spacial score (nSPS) is 18.8. The van der Waals surface area contributed by atoms with E-state index in [0.29, 0.717) is 38.3 Å². The zero-order chi connectivity index (χ0) is 22.8. The van der Waals surface area contributed by atoms with Crippen molar-refractivity contribution in [1.82, 2.24) is 20.3 Å². The maximum atomic E-state index is 13.7. The van der Waals surface area contributed by atoms with Gasteiger partial charge in [0.25, 0.3) is 5.91 Å². The molecule has 0 bridgehead atoms. The fourth-order valence-electron chi connectivity index (χ4n) is 4.53. The lowest BCUT2D eigenvalue weighted by atomic mass is 9.95. The van der Waals surface area contributed by atoms with Gasteiger partial charge in [0.1, 0.15) is 12.4 Å². The number of ether oxygens (including phenoxy) is 2. The fourth-order valence-corrected chi connectivity index (χ4v) is 4.53. The topological polar surface area (TPSA) is 114 Å². The molecule has 9 heteroatoms. The van der Waals surface area contributed by atoms with E-state index in [1.807, 2.05) is 23.1 Å². The van der Waals surface area contributed by atoms with Gasteiger partial charge in [-0.05, 0) is 31.0 Å². The van der Waals surface area contributed by atoms with Gasteiger partial charge in [-0.1, -0.05) is 18.2 Å². The van der Waals surface area contributed by atoms with Crippen molar-refractivity contribution < 1.29 is 24.3 Å². The zero-order valence-electron chi connectivity index (χ0n) is 17.9. The number of carbonyl (C=O) groups excluding carboxylic acids is 2. The van der Waals surface area contributed by atoms with Crippen molar-refractivity contribution in [3.05, 3.63) is 65.5 Å². The summed E-state index contributed by atoms with van der Waals surface area (Å²) >= 11 is 0. The van der Waals surface area contributed by atoms with Crippen LogP contribution >= 0.6 is 0 Å². The minimum Gasteiger partial charge on any atom is -0.491 e. The van der Waals surface area contributed by atoms with Crippen molar-refractivity contribution in [2.45, 2.75) is 25.4 Å². The van der Waals surface area contributed by atoms with E-state index >= 15 is 0 Å². The number of aromatic nitrogens is 2. The largest absolute Gasteiger partial charge is 0.491 e. The SMILES string of the molecule is O=C(NO)c1ccc2c(c1)OC[C@H](c1cccc3nccnc13)N(C(=O)C1CCOCC1)C2. The van der Waals surface area contributed by atoms with Crippen LogP contribution in [0.2, 0.25) is 0 Å². The molecule has 2 amide bonds. The van der Waals surface area contributed by atoms with Crippen molar-refractivity contribution >= 4 is 22.8 Å². The molecule has 0 spiro atoms. The highest BCUT2D eigenvalue weighted by Gasteiger charge is 2.35. The molecule has 2 aliphatic rings. The molecule has 170 valence electrons. The van der Waals surface area contributed by atoms with Gasteiger partial charge >= 0.3 is 0 Å². The van der Waals surface area contributed by atoms with E-state index in [9.17, 15) is 9.59 Å². The van der Waals surface area contributed by atoms with Gasteiger partial charge in [-0.3, -0.25) is 24.8 Å². The molecule has 1 aromatic heterocycles. The van der Waals surface area contributed by atoms with Crippen LogP contribution in [0.4, 0.5) is 0 Å². The number of carbonyl (C=O) groups is 2. The molecule has 3 heterocycles. The lowest BCUT2D eigenvalue weighted by Gasteiger charge is -2.34. The molecule has 1 atom stereocenters. The molecular weight excluding hydrogens is 424 g/mol. The molecule has 9 nitrogen and oxygen atoms in total. The second-order valence-electron chi connectivity index (χ2n) is 8.21. The third-order valence-corrected chi connectivity index (χ3v) is 6.29. The van der Waals surface area contributed by atoms with Gasteiger partial charge in [0.05, 0.1) is 23.6 Å². The minimum absolute atomic E-state index is 0.0535. The van der Waals surface area contributed by atoms with E-state index in [1.54, 1.807) is 36.1 Å². The maximum absolute atomic E-state index is 13.7. The van der Waals surface area contributed by atoms with Gasteiger partial charge in [0.15, 0.2) is 0 Å². The summed E-state index contributed by atoms with van der Waals surface area (Å²) in [4.78, 5) is 36.4. The van der Waals surface area contributed by atoms with Crippen LogP contribution in [0.25, 0.3) is 11.0 Å². The van der Waals surface area contributed by atoms with Crippen LogP contribution in [-0.4, -0.2) is 51.7 Å². The lowest BCUT2D eigenvalue weighted by Crippen LogP contribution is -2.41. The summed E-state index contributed by atoms with van der Waals surface area (Å²) in [6.45, 7) is 1.67. The van der Waals surface area contributed by atoms with Crippen molar-refractivity contribution in [1.29, 1.82) is 0 Å². The smallest absolute Gasteiger partial charge is 0.274 e. The highest BCUT2D eigenvalue weighted by Crippen LogP contribution is 2.36. The molecule has 2 aromatic carbocycles. The molecule has 0 saturated carbocycles. The van der Waals surface area contributed by atoms with E-state index in [2.05, 4.69) is 9.97 Å². The first-order chi connectivity index (χ1) is 16.2. The number of nitrogens with zero attached hydrogens (tertiary/aromatic N) is 3. The second kappa shape index (κ2) is 9.13. The number of benzene rings is 2. The average molecular weight is 448 g/mol. The number of rotatable bonds is 3. The predicted octanol–water partition coefficient (Wildman–Crippen LogP) is 2.64. The van der Waals surface area contributed by atoms with E-state index in [4.69, 9.17) is 14.7 Å². The van der Waals surface area contributed by atoms with Gasteiger partial charge in [-0.15, -0.1) is 0 Å². The van der Waals surface area contributed by atoms with Crippen LogP contribution in [0.1, 0.15) is 40.4 Å². The molecule has 0 radical (unpaired) electrons. The average Bonchev–Trinajstić information content (AvgIpc) is 3.07. The van der Waals surface area contributed by atoms with Gasteiger partial charge in [0.2, 0.25) is 5.91 Å². The quantitative estimate of drug-likeness (QED) is 0.468. The first-order valence-electron chi connectivity index (χ1n) is 10.9. The Kier molecular flexibility index (Phi) is 5.89. The van der Waals surface area contributed by atoms with Crippen molar-refractivity contribution in [3.8, 4) is 5.75 Å². The van der Waals surface area contributed by atoms with Crippen LogP contribution in [0.3, 0.4) is 0 Å². The van der Waals surface area contributed by atoms with Crippen LogP contribution in [0.15, 0.2) is 48.8 Å². The highest BCUT2D eigenvalue weighted by molar-refractivity contribution is 5.94. The Balaban J connectivity index is 1.57. The molecule has 2 aliphatic heterocycles. The van der Waals surface area contributed by atoms with E-state index < -0.39 is 5.91 Å². The van der Waals surface area contributed by atoms with Crippen LogP contribution in [-0.2, 0) is 16.1 Å². The molecule has 0 unspecified atom stereocenters. The summed E-state index contributed by atoms with van der Waals surface area (Å²) in [7, 11) is 0. The van der Waals surface area contributed by atoms with Crippen molar-refractivity contribution in [2.75, 3.05) is 19.8 Å². The second-order valence-corrected chi connectivity index (χ2v) is 8.21. The lowest BCUT2D eigenvalue weighted by molar-refractivity contribution is -0.142. The number of fused-ring (bicyclic) bond motifs is 2. The zero-order valence-corrected chi connectivity index (χ0v) is 17.9. The van der Waals surface area contributed by atoms with Gasteiger partial charge in [-0.2, -0.15) is 0 Å². The Morgan fingerprint density at radius 1 is 1.09 bits per heavy atom. The first-order valence-corrected chi connectivity index (χ1v) is 10.9. The minimum atomic E-state index is -0.623. The summed E-state index contributed by atoms with van der Waals surface area (Å²) in [5, 5.41) is 8.98. The Labute approximate surface area is 190 Å². The number of nitrogens with one attached hydrogen (secondary N) is 1. The standard InChI is InChI=1S/C24H24N4O5/c29-23(27-31)16-4-5-17-13-28(24(30)15-6-10-32-11-7-15)20(14-33-21(17)12-16)18-2-1-3-19-22(18)26-9-8-25-19/h1-5,8-9,12,15,20,31H,6-7,10-11,13-14H2,(H,27,29)/t20-/m1/s1. The number of amides is 2. The summed E-state index contributed by atoms with van der Waals surface area (Å²) in [5.74, 6) is -0.183. The highest BCUT2D eigenvalue weighted by atomic mass is 16.5. The molecular formula is C24H24N4O5. The molecule has 3 aromatic rings. The maximum Gasteiger partial charge on any atom is 0.274 e. The molecule has 1 saturated heterocycles. The summed E-state index contributed by atoms with van der Waals surface area (Å²) < 4.78 is 11.6. The molecule has 1 fully saturated rings. The first kappa shape index (κ1) is 21.3. The fraction of sp³-hybridized carbons (Fsp3) is 0.333. The van der Waals surface area contributed by atoms with Crippen LogP contribution in [0.5, 0.6) is 5.75 Å². The molecule has 5 rings (SSSR count). The van der Waals surface area contributed by atoms with Crippen LogP contribution < -0.4 is 10.2 Å². The molecule has 33 heavy (non-hydrogen) atoms. The number of hydrogen-bond acceptors (Lipinski definition) is 7. The Hall–Kier alpha value is -3.56. The van der Waals surface area contributed by atoms with E-state index in [-0.39, 0.29) is 30.0 Å². The van der Waals surface area contributed by atoms with E-state index in [1.165, 1.54) is 0 Å². The van der Waals surface area contributed by atoms with Gasteiger partial charge in [0, 0.05) is 48.2 Å². The van der Waals surface area contributed by atoms with Crippen molar-refractivity contribution in [3.63, 3.8) is 0 Å². The van der Waals surface area contributed by atoms with Gasteiger partial charge in [-0.25, -0.2) is 5.48 Å². The Morgan fingerprint density at radius 3 is 2.73 bits per heavy atom. The third kappa shape index (κ3) is 4.12. The number of para-hydroxylation sites is 1. The third-order valence-electron chi connectivity index (χ3n) is 6.29. The van der Waals surface area contributed by atoms with Crippen LogP contribution in [0, 0.1) is 5.92 Å². The number of hydrogen-bond donors (Lipinski definition) is 2. The monoisotopic (exact) mass is 448 g/mol. The molecule has 2 N–H and O–H groups in total. The Bertz CT molecular complexity index is 1190. The number of hydroxylamine groups is 1. The summed E-state index contributed by atoms with van der Waals surface area (Å²) in [6, 6.07) is 10.3. The van der Waals surface area contributed by atoms with E-state index in [0.717, 1.165) is 22.2 Å². The predicted molar refractivity (Wildman–Crippen MR) is 118 cm³/mol. The van der Waals surface area contributed by atoms with Gasteiger partial charge < -0.3 is 14.4 Å². The molecule has 0 aliphatic carbocycles. The van der Waals surface area contributed by atoms with Crippen molar-refractivity contribution in [2.24, 2.45) is 5.92 Å². The Morgan fingerprint density at radius 2 is 1.91 bits per heavy atom. The summed E-state index contributed by atoms with van der Waals surface area (Å²) in [5.41, 5.74) is 5.04. The summed E-state index contributed by atoms with van der Waals surface area (Å²) in [6.07, 6.45) is 4.65.